The topological polar surface area (TPSA) is 215 Å². The Labute approximate surface area is 363 Å². The largest absolute Gasteiger partial charge is 0.508 e. The van der Waals surface area contributed by atoms with Crippen molar-refractivity contribution in [1.29, 1.82) is 0 Å². The second kappa shape index (κ2) is 20.1. The van der Waals surface area contributed by atoms with Crippen LogP contribution in [0.5, 0.6) is 34.5 Å². The highest BCUT2D eigenvalue weighted by Crippen LogP contribution is 2.35. The summed E-state index contributed by atoms with van der Waals surface area (Å²) in [4.78, 5) is 51.6. The SMILES string of the molecule is O=C(O)CN(CCN(CC(=O)O)C(Cc1cc(I)c(Oc2ccc(O)cc2)c(I)c1)C(=O)O)C(Cc1cc(I)c(Oc2ccc(O)cc2)c(I)c1)C(=O)O. The van der Waals surface area contributed by atoms with Gasteiger partial charge in [0.15, 0.2) is 11.5 Å². The molecule has 0 radical (unpaired) electrons. The summed E-state index contributed by atoms with van der Waals surface area (Å²) in [5.41, 5.74) is 1.13. The number of carboxylic acids is 4. The van der Waals surface area contributed by atoms with Crippen LogP contribution >= 0.6 is 90.4 Å². The molecule has 18 heteroatoms. The van der Waals surface area contributed by atoms with E-state index < -0.39 is 49.1 Å². The van der Waals surface area contributed by atoms with Crippen LogP contribution in [0.3, 0.4) is 0 Å². The molecule has 0 aliphatic rings. The van der Waals surface area contributed by atoms with Crippen LogP contribution in [0.2, 0.25) is 0 Å². The van der Waals surface area contributed by atoms with Gasteiger partial charge in [0.25, 0.3) is 0 Å². The average molecular weight is 1190 g/mol. The van der Waals surface area contributed by atoms with Gasteiger partial charge in [0.05, 0.1) is 27.4 Å². The van der Waals surface area contributed by atoms with E-state index in [4.69, 9.17) is 9.47 Å². The normalized spacial score (nSPS) is 12.3. The molecule has 4 rings (SSSR count). The number of halogens is 4. The molecule has 0 saturated carbocycles. The van der Waals surface area contributed by atoms with E-state index in [0.717, 1.165) is 0 Å². The zero-order valence-corrected chi connectivity index (χ0v) is 36.5. The van der Waals surface area contributed by atoms with Crippen molar-refractivity contribution in [3.05, 3.63) is 98.2 Å². The summed E-state index contributed by atoms with van der Waals surface area (Å²) in [5.74, 6) is -3.16. The smallest absolute Gasteiger partial charge is 0.321 e. The Morgan fingerprint density at radius 1 is 0.537 bits per heavy atom. The predicted molar refractivity (Wildman–Crippen MR) is 229 cm³/mol. The molecule has 54 heavy (non-hydrogen) atoms. The summed E-state index contributed by atoms with van der Waals surface area (Å²) in [5, 5.41) is 59.3. The molecule has 0 aromatic heterocycles. The molecule has 4 aromatic rings. The van der Waals surface area contributed by atoms with Crippen molar-refractivity contribution in [3.63, 3.8) is 0 Å². The van der Waals surface area contributed by atoms with Gasteiger partial charge >= 0.3 is 23.9 Å². The monoisotopic (exact) mass is 1190 g/mol. The van der Waals surface area contributed by atoms with E-state index in [-0.39, 0.29) is 37.4 Å². The van der Waals surface area contributed by atoms with Crippen LogP contribution in [0, 0.1) is 14.3 Å². The Morgan fingerprint density at radius 3 is 1.09 bits per heavy atom. The van der Waals surface area contributed by atoms with Gasteiger partial charge in [-0.3, -0.25) is 29.0 Å². The first-order valence-corrected chi connectivity index (χ1v) is 20.1. The number of phenols is 2. The molecule has 2 unspecified atom stereocenters. The second-order valence-corrected chi connectivity index (χ2v) is 16.5. The highest BCUT2D eigenvalue weighted by atomic mass is 127. The number of aromatic hydroxyl groups is 2. The lowest BCUT2D eigenvalue weighted by Gasteiger charge is -2.32. The van der Waals surface area contributed by atoms with E-state index in [9.17, 15) is 49.8 Å². The van der Waals surface area contributed by atoms with E-state index in [1.54, 1.807) is 48.5 Å². The molecule has 286 valence electrons. The van der Waals surface area contributed by atoms with Crippen LogP contribution in [-0.2, 0) is 32.0 Å². The van der Waals surface area contributed by atoms with Gasteiger partial charge in [-0.2, -0.15) is 0 Å². The number of ether oxygens (including phenoxy) is 2. The quantitative estimate of drug-likeness (QED) is 0.0549. The van der Waals surface area contributed by atoms with Crippen molar-refractivity contribution in [2.45, 2.75) is 24.9 Å². The minimum Gasteiger partial charge on any atom is -0.508 e. The van der Waals surface area contributed by atoms with E-state index in [1.807, 2.05) is 90.4 Å². The fraction of sp³-hybridized carbons (Fsp3) is 0.222. The number of nitrogens with zero attached hydrogens (tertiary/aromatic N) is 2. The molecule has 0 bridgehead atoms. The molecule has 0 fully saturated rings. The summed E-state index contributed by atoms with van der Waals surface area (Å²) >= 11 is 8.19. The van der Waals surface area contributed by atoms with Gasteiger partial charge in [-0.05, 0) is 187 Å². The van der Waals surface area contributed by atoms with Gasteiger partial charge in [0.1, 0.15) is 35.1 Å². The van der Waals surface area contributed by atoms with E-state index in [0.29, 0.717) is 48.4 Å². The lowest BCUT2D eigenvalue weighted by atomic mass is 10.0. The van der Waals surface area contributed by atoms with Crippen LogP contribution < -0.4 is 9.47 Å². The highest BCUT2D eigenvalue weighted by Gasteiger charge is 2.32. The number of carboxylic acid groups (broad SMARTS) is 4. The minimum atomic E-state index is -1.36. The molecular formula is C36H32I4N2O12. The Bertz CT molecular complexity index is 1810. The first kappa shape index (κ1) is 43.5. The third kappa shape index (κ3) is 12.7. The number of rotatable bonds is 19. The number of carbonyl (C=O) groups is 4. The van der Waals surface area contributed by atoms with Gasteiger partial charge in [-0.15, -0.1) is 0 Å². The average Bonchev–Trinajstić information content (AvgIpc) is 3.08. The molecule has 0 amide bonds. The maximum absolute atomic E-state index is 12.7. The predicted octanol–water partition coefficient (Wildman–Crippen LogP) is 6.57. The molecule has 0 spiro atoms. The van der Waals surface area contributed by atoms with Gasteiger partial charge in [-0.25, -0.2) is 0 Å². The van der Waals surface area contributed by atoms with Gasteiger partial charge in [0.2, 0.25) is 0 Å². The van der Waals surface area contributed by atoms with Gasteiger partial charge in [0, 0.05) is 13.1 Å². The number of hydrogen-bond donors (Lipinski definition) is 6. The number of hydrogen-bond acceptors (Lipinski definition) is 10. The van der Waals surface area contributed by atoms with Crippen LogP contribution in [0.25, 0.3) is 0 Å². The maximum atomic E-state index is 12.7. The standard InChI is InChI=1S/C36H32I4N2O12/c37-25-11-19(12-26(38)33(25)53-23-5-1-21(43)2-6-23)15-29(35(49)50)41(17-31(45)46)9-10-42(18-32(47)48)30(36(51)52)16-20-13-27(39)34(28(40)14-20)54-24-7-3-22(44)4-8-24/h1-8,11-14,29-30,43-44H,9-10,15-18H2,(H,45,46)(H,47,48)(H,49,50)(H,51,52). The summed E-state index contributed by atoms with van der Waals surface area (Å²) in [6.45, 7) is -1.95. The van der Waals surface area contributed by atoms with Crippen molar-refractivity contribution in [1.82, 2.24) is 9.80 Å². The second-order valence-electron chi connectivity index (χ2n) is 11.8. The van der Waals surface area contributed by atoms with E-state index in [2.05, 4.69) is 0 Å². The fourth-order valence-corrected chi connectivity index (χ4v) is 9.64. The summed E-state index contributed by atoms with van der Waals surface area (Å²) in [7, 11) is 0. The molecule has 6 N–H and O–H groups in total. The summed E-state index contributed by atoms with van der Waals surface area (Å²) < 4.78 is 14.6. The number of phenolic OH excluding ortho intramolecular Hbond substituents is 2. The van der Waals surface area contributed by atoms with Crippen molar-refractivity contribution >= 4 is 114 Å². The highest BCUT2D eigenvalue weighted by molar-refractivity contribution is 14.1. The summed E-state index contributed by atoms with van der Waals surface area (Å²) in [6, 6.07) is 16.4. The third-order valence-corrected chi connectivity index (χ3v) is 11.1. The lowest BCUT2D eigenvalue weighted by Crippen LogP contribution is -2.52. The lowest BCUT2D eigenvalue weighted by molar-refractivity contribution is -0.150. The van der Waals surface area contributed by atoms with Crippen LogP contribution in [-0.4, -0.2) is 103 Å². The van der Waals surface area contributed by atoms with Crippen molar-refractivity contribution in [2.75, 3.05) is 26.2 Å². The van der Waals surface area contributed by atoms with Crippen LogP contribution in [0.1, 0.15) is 11.1 Å². The maximum Gasteiger partial charge on any atom is 0.321 e. The Kier molecular flexibility index (Phi) is 16.2. The Hall–Kier alpha value is -3.20. The Balaban J connectivity index is 1.55. The minimum absolute atomic E-state index is 0.0750. The molecule has 0 aliphatic carbocycles. The molecule has 14 nitrogen and oxygen atoms in total. The fourth-order valence-electron chi connectivity index (χ4n) is 5.41. The zero-order chi connectivity index (χ0) is 39.7. The first-order valence-electron chi connectivity index (χ1n) is 15.8. The van der Waals surface area contributed by atoms with E-state index >= 15 is 0 Å². The zero-order valence-electron chi connectivity index (χ0n) is 27.9. The molecule has 0 heterocycles. The third-order valence-electron chi connectivity index (χ3n) is 7.89. The molecular weight excluding hydrogens is 1160 g/mol. The Morgan fingerprint density at radius 2 is 0.833 bits per heavy atom. The van der Waals surface area contributed by atoms with Crippen molar-refractivity contribution < 1.29 is 59.3 Å². The molecule has 0 aliphatic heterocycles. The van der Waals surface area contributed by atoms with E-state index in [1.165, 1.54) is 34.1 Å². The number of aliphatic carboxylic acids is 4. The summed E-state index contributed by atoms with van der Waals surface area (Å²) in [6.07, 6.45) is -0.240. The van der Waals surface area contributed by atoms with Gasteiger partial charge in [-0.1, -0.05) is 0 Å². The first-order chi connectivity index (χ1) is 25.5. The van der Waals surface area contributed by atoms with Crippen molar-refractivity contribution in [2.24, 2.45) is 0 Å². The van der Waals surface area contributed by atoms with Gasteiger partial charge < -0.3 is 40.1 Å². The molecule has 2 atom stereocenters. The van der Waals surface area contributed by atoms with Crippen molar-refractivity contribution in [3.8, 4) is 34.5 Å². The molecule has 0 saturated heterocycles. The number of benzene rings is 4. The molecule has 4 aromatic carbocycles. The van der Waals surface area contributed by atoms with Crippen LogP contribution in [0.15, 0.2) is 72.8 Å². The van der Waals surface area contributed by atoms with Crippen LogP contribution in [0.4, 0.5) is 0 Å².